The van der Waals surface area contributed by atoms with Gasteiger partial charge in [-0.2, -0.15) is 0 Å². The van der Waals surface area contributed by atoms with Crippen LogP contribution < -0.4 is 5.32 Å². The fourth-order valence-corrected chi connectivity index (χ4v) is 1.94. The molecule has 2 aromatic carbocycles. The Morgan fingerprint density at radius 2 is 2.00 bits per heavy atom. The summed E-state index contributed by atoms with van der Waals surface area (Å²) in [6.07, 6.45) is 0. The summed E-state index contributed by atoms with van der Waals surface area (Å²) in [7, 11) is 0. The molecule has 0 radical (unpaired) electrons. The van der Waals surface area contributed by atoms with E-state index in [1.165, 1.54) is 24.3 Å². The van der Waals surface area contributed by atoms with Crippen LogP contribution in [0.1, 0.15) is 24.1 Å². The quantitative estimate of drug-likeness (QED) is 0.669. The van der Waals surface area contributed by atoms with Gasteiger partial charge in [-0.1, -0.05) is 24.3 Å². The molecule has 0 aliphatic carbocycles. The molecule has 5 heteroatoms. The zero-order chi connectivity index (χ0) is 14.5. The smallest absolute Gasteiger partial charge is 0.269 e. The van der Waals surface area contributed by atoms with Crippen LogP contribution in [-0.2, 0) is 6.54 Å². The Kier molecular flexibility index (Phi) is 4.42. The lowest BCUT2D eigenvalue weighted by Gasteiger charge is -2.14. The number of benzene rings is 2. The van der Waals surface area contributed by atoms with Gasteiger partial charge >= 0.3 is 0 Å². The van der Waals surface area contributed by atoms with Crippen molar-refractivity contribution in [1.29, 1.82) is 0 Å². The SMILES string of the molecule is C[C@@H](NCc1cccc([N+](=O)[O-])c1)c1cccc(F)c1. The molecule has 0 saturated heterocycles. The predicted octanol–water partition coefficient (Wildman–Crippen LogP) is 3.58. The van der Waals surface area contributed by atoms with E-state index in [2.05, 4.69) is 5.32 Å². The van der Waals surface area contributed by atoms with E-state index in [-0.39, 0.29) is 17.5 Å². The monoisotopic (exact) mass is 274 g/mol. The van der Waals surface area contributed by atoms with Gasteiger partial charge in [-0.3, -0.25) is 10.1 Å². The second kappa shape index (κ2) is 6.25. The van der Waals surface area contributed by atoms with Crippen LogP contribution in [0.15, 0.2) is 48.5 Å². The molecule has 0 bridgehead atoms. The molecule has 0 aliphatic rings. The van der Waals surface area contributed by atoms with E-state index in [1.807, 2.05) is 19.1 Å². The van der Waals surface area contributed by atoms with Crippen LogP contribution in [0.3, 0.4) is 0 Å². The maximum atomic E-state index is 13.1. The highest BCUT2D eigenvalue weighted by Gasteiger charge is 2.08. The van der Waals surface area contributed by atoms with Gasteiger partial charge in [0.1, 0.15) is 5.82 Å². The van der Waals surface area contributed by atoms with Gasteiger partial charge in [0.2, 0.25) is 0 Å². The molecule has 0 spiro atoms. The van der Waals surface area contributed by atoms with Crippen molar-refractivity contribution in [3.63, 3.8) is 0 Å². The Hall–Kier alpha value is -2.27. The number of hydrogen-bond acceptors (Lipinski definition) is 3. The van der Waals surface area contributed by atoms with Crippen molar-refractivity contribution in [1.82, 2.24) is 5.32 Å². The second-order valence-corrected chi connectivity index (χ2v) is 4.58. The molecule has 0 heterocycles. The molecule has 4 nitrogen and oxygen atoms in total. The summed E-state index contributed by atoms with van der Waals surface area (Å²) in [6.45, 7) is 2.41. The number of rotatable bonds is 5. The van der Waals surface area contributed by atoms with E-state index >= 15 is 0 Å². The first-order valence-electron chi connectivity index (χ1n) is 6.28. The lowest BCUT2D eigenvalue weighted by atomic mass is 10.1. The molecule has 1 N–H and O–H groups in total. The summed E-state index contributed by atoms with van der Waals surface area (Å²) in [4.78, 5) is 10.3. The van der Waals surface area contributed by atoms with Crippen LogP contribution in [0, 0.1) is 15.9 Å². The van der Waals surface area contributed by atoms with Crippen molar-refractivity contribution in [2.45, 2.75) is 19.5 Å². The lowest BCUT2D eigenvalue weighted by molar-refractivity contribution is -0.384. The Bertz CT molecular complexity index is 616. The highest BCUT2D eigenvalue weighted by molar-refractivity contribution is 5.34. The first kappa shape index (κ1) is 14.1. The summed E-state index contributed by atoms with van der Waals surface area (Å²) >= 11 is 0. The average Bonchev–Trinajstić information content (AvgIpc) is 2.45. The first-order valence-corrected chi connectivity index (χ1v) is 6.28. The molecule has 20 heavy (non-hydrogen) atoms. The van der Waals surface area contributed by atoms with Gasteiger partial charge in [0.25, 0.3) is 5.69 Å². The standard InChI is InChI=1S/C15H15FN2O2/c1-11(13-5-3-6-14(16)9-13)17-10-12-4-2-7-15(8-12)18(19)20/h2-9,11,17H,10H2,1H3/t11-/m1/s1. The zero-order valence-corrected chi connectivity index (χ0v) is 11.0. The van der Waals surface area contributed by atoms with Crippen LogP contribution >= 0.6 is 0 Å². The van der Waals surface area contributed by atoms with Gasteiger partial charge in [-0.15, -0.1) is 0 Å². The predicted molar refractivity (Wildman–Crippen MR) is 74.8 cm³/mol. The van der Waals surface area contributed by atoms with Gasteiger partial charge in [-0.05, 0) is 30.2 Å². The van der Waals surface area contributed by atoms with Crippen molar-refractivity contribution < 1.29 is 9.31 Å². The van der Waals surface area contributed by atoms with Gasteiger partial charge in [-0.25, -0.2) is 4.39 Å². The summed E-state index contributed by atoms with van der Waals surface area (Å²) < 4.78 is 13.1. The Balaban J connectivity index is 2.01. The maximum Gasteiger partial charge on any atom is 0.269 e. The second-order valence-electron chi connectivity index (χ2n) is 4.58. The van der Waals surface area contributed by atoms with Crippen LogP contribution in [-0.4, -0.2) is 4.92 Å². The summed E-state index contributed by atoms with van der Waals surface area (Å²) in [6, 6.07) is 12.8. The fourth-order valence-electron chi connectivity index (χ4n) is 1.94. The first-order chi connectivity index (χ1) is 9.56. The van der Waals surface area contributed by atoms with Crippen LogP contribution in [0.5, 0.6) is 0 Å². The minimum absolute atomic E-state index is 0.0371. The molecule has 2 aromatic rings. The van der Waals surface area contributed by atoms with E-state index in [1.54, 1.807) is 12.1 Å². The summed E-state index contributed by atoms with van der Waals surface area (Å²) in [5.74, 6) is -0.272. The number of halogens is 1. The van der Waals surface area contributed by atoms with Crippen LogP contribution in [0.25, 0.3) is 0 Å². The largest absolute Gasteiger partial charge is 0.306 e. The molecule has 0 aromatic heterocycles. The molecule has 0 aliphatic heterocycles. The third-order valence-electron chi connectivity index (χ3n) is 3.08. The van der Waals surface area contributed by atoms with E-state index < -0.39 is 4.92 Å². The molecule has 0 fully saturated rings. The van der Waals surface area contributed by atoms with E-state index in [4.69, 9.17) is 0 Å². The number of hydrogen-bond donors (Lipinski definition) is 1. The van der Waals surface area contributed by atoms with Crippen molar-refractivity contribution in [3.05, 3.63) is 75.6 Å². The van der Waals surface area contributed by atoms with Gasteiger partial charge in [0, 0.05) is 24.7 Å². The van der Waals surface area contributed by atoms with Gasteiger partial charge < -0.3 is 5.32 Å². The number of nitrogens with zero attached hydrogens (tertiary/aromatic N) is 1. The summed E-state index contributed by atoms with van der Waals surface area (Å²) in [5, 5.41) is 13.9. The van der Waals surface area contributed by atoms with E-state index in [0.717, 1.165) is 11.1 Å². The molecule has 104 valence electrons. The minimum Gasteiger partial charge on any atom is -0.306 e. The van der Waals surface area contributed by atoms with Crippen LogP contribution in [0.4, 0.5) is 10.1 Å². The number of non-ortho nitro benzene ring substituents is 1. The van der Waals surface area contributed by atoms with Crippen LogP contribution in [0.2, 0.25) is 0 Å². The van der Waals surface area contributed by atoms with Crippen molar-refractivity contribution >= 4 is 5.69 Å². The van der Waals surface area contributed by atoms with Crippen molar-refractivity contribution in [3.8, 4) is 0 Å². The molecule has 2 rings (SSSR count). The van der Waals surface area contributed by atoms with Gasteiger partial charge in [0.05, 0.1) is 4.92 Å². The number of nitrogens with one attached hydrogen (secondary N) is 1. The van der Waals surface area contributed by atoms with Crippen molar-refractivity contribution in [2.24, 2.45) is 0 Å². The molecular formula is C15H15FN2O2. The Labute approximate surface area is 116 Å². The third-order valence-corrected chi connectivity index (χ3v) is 3.08. The summed E-state index contributed by atoms with van der Waals surface area (Å²) in [5.41, 5.74) is 1.74. The average molecular weight is 274 g/mol. The zero-order valence-electron chi connectivity index (χ0n) is 11.0. The minimum atomic E-state index is -0.417. The lowest BCUT2D eigenvalue weighted by Crippen LogP contribution is -2.18. The fraction of sp³-hybridized carbons (Fsp3) is 0.200. The number of nitro benzene ring substituents is 1. The normalized spacial score (nSPS) is 12.1. The van der Waals surface area contributed by atoms with Gasteiger partial charge in [0.15, 0.2) is 0 Å². The Morgan fingerprint density at radius 3 is 2.70 bits per heavy atom. The van der Waals surface area contributed by atoms with E-state index in [9.17, 15) is 14.5 Å². The van der Waals surface area contributed by atoms with E-state index in [0.29, 0.717) is 6.54 Å². The molecule has 0 saturated carbocycles. The third kappa shape index (κ3) is 3.61. The maximum absolute atomic E-state index is 13.1. The molecular weight excluding hydrogens is 259 g/mol. The number of nitro groups is 1. The van der Waals surface area contributed by atoms with Crippen molar-refractivity contribution in [2.75, 3.05) is 0 Å². The highest BCUT2D eigenvalue weighted by Crippen LogP contribution is 2.16. The Morgan fingerprint density at radius 1 is 1.25 bits per heavy atom. The molecule has 1 atom stereocenters. The topological polar surface area (TPSA) is 55.2 Å². The highest BCUT2D eigenvalue weighted by atomic mass is 19.1. The molecule has 0 unspecified atom stereocenters. The molecule has 0 amide bonds.